The fraction of sp³-hybridized carbons (Fsp3) is 0.333. The van der Waals surface area contributed by atoms with E-state index in [1.807, 2.05) is 74.5 Å². The molecule has 5 nitrogen and oxygen atoms in total. The van der Waals surface area contributed by atoms with Crippen molar-refractivity contribution in [3.8, 4) is 5.75 Å². The van der Waals surface area contributed by atoms with Crippen molar-refractivity contribution in [3.63, 3.8) is 0 Å². The molecule has 3 aromatic rings. The Kier molecular flexibility index (Phi) is 11.3. The monoisotopic (exact) mass is 540 g/mol. The average molecular weight is 542 g/mol. The Balaban J connectivity index is 1.84. The number of rotatable bonds is 13. The summed E-state index contributed by atoms with van der Waals surface area (Å²) in [4.78, 5) is 28.8. The molecule has 1 N–H and O–H groups in total. The molecule has 2 amide bonds. The Labute approximate surface area is 229 Å². The van der Waals surface area contributed by atoms with Crippen molar-refractivity contribution in [1.82, 2.24) is 10.2 Å². The van der Waals surface area contributed by atoms with Crippen molar-refractivity contribution in [2.45, 2.75) is 58.2 Å². The number of carbonyl (C=O) groups excluding carboxylic acids is 2. The topological polar surface area (TPSA) is 58.6 Å². The molecule has 0 fully saturated rings. The first-order valence-corrected chi connectivity index (χ1v) is 13.4. The molecule has 37 heavy (non-hydrogen) atoms. The van der Waals surface area contributed by atoms with Crippen LogP contribution in [0.2, 0.25) is 10.0 Å². The quantitative estimate of drug-likeness (QED) is 0.245. The number of carbonyl (C=O) groups is 2. The van der Waals surface area contributed by atoms with Gasteiger partial charge in [-0.3, -0.25) is 9.59 Å². The van der Waals surface area contributed by atoms with Crippen molar-refractivity contribution in [2.75, 3.05) is 6.61 Å². The van der Waals surface area contributed by atoms with Crippen molar-refractivity contribution >= 4 is 35.0 Å². The zero-order valence-electron chi connectivity index (χ0n) is 21.3. The van der Waals surface area contributed by atoms with Crippen LogP contribution < -0.4 is 10.1 Å². The Morgan fingerprint density at radius 1 is 0.973 bits per heavy atom. The molecule has 0 saturated heterocycles. The van der Waals surface area contributed by atoms with E-state index in [2.05, 4.69) is 5.32 Å². The third-order valence-corrected chi connectivity index (χ3v) is 6.76. The molecule has 0 aromatic heterocycles. The molecule has 0 aliphatic carbocycles. The number of ether oxygens (including phenoxy) is 1. The maximum atomic E-state index is 13.6. The number of benzene rings is 3. The van der Waals surface area contributed by atoms with Crippen LogP contribution in [0, 0.1) is 0 Å². The molecule has 0 heterocycles. The molecule has 196 valence electrons. The third kappa shape index (κ3) is 9.10. The summed E-state index contributed by atoms with van der Waals surface area (Å²) in [5, 5.41) is 4.04. The van der Waals surface area contributed by atoms with Gasteiger partial charge in [0.1, 0.15) is 11.8 Å². The Morgan fingerprint density at radius 2 is 1.65 bits per heavy atom. The highest BCUT2D eigenvalue weighted by Gasteiger charge is 2.31. The zero-order chi connectivity index (χ0) is 26.6. The lowest BCUT2D eigenvalue weighted by Gasteiger charge is -2.32. The minimum absolute atomic E-state index is 0.0129. The van der Waals surface area contributed by atoms with Gasteiger partial charge < -0.3 is 15.0 Å². The summed E-state index contributed by atoms with van der Waals surface area (Å²) in [6.45, 7) is 4.56. The highest BCUT2D eigenvalue weighted by atomic mass is 35.5. The Bertz CT molecular complexity index is 1140. The lowest BCUT2D eigenvalue weighted by atomic mass is 10.0. The van der Waals surface area contributed by atoms with Gasteiger partial charge in [-0.05, 0) is 55.2 Å². The Morgan fingerprint density at radius 3 is 2.30 bits per heavy atom. The van der Waals surface area contributed by atoms with Crippen molar-refractivity contribution in [1.29, 1.82) is 0 Å². The summed E-state index contributed by atoms with van der Waals surface area (Å²) >= 11 is 12.6. The molecule has 3 aromatic carbocycles. The van der Waals surface area contributed by atoms with Gasteiger partial charge in [-0.25, -0.2) is 0 Å². The number of nitrogens with zero attached hydrogens (tertiary/aromatic N) is 1. The van der Waals surface area contributed by atoms with Crippen molar-refractivity contribution < 1.29 is 14.3 Å². The van der Waals surface area contributed by atoms with Crippen LogP contribution in [0.1, 0.15) is 44.2 Å². The van der Waals surface area contributed by atoms with Crippen LogP contribution >= 0.6 is 23.2 Å². The highest BCUT2D eigenvalue weighted by Crippen LogP contribution is 2.25. The van der Waals surface area contributed by atoms with Crippen LogP contribution in [0.15, 0.2) is 78.9 Å². The lowest BCUT2D eigenvalue weighted by molar-refractivity contribution is -0.141. The predicted molar refractivity (Wildman–Crippen MR) is 150 cm³/mol. The predicted octanol–water partition coefficient (Wildman–Crippen LogP) is 6.71. The number of nitrogens with one attached hydrogen (secondary N) is 1. The fourth-order valence-corrected chi connectivity index (χ4v) is 4.37. The van der Waals surface area contributed by atoms with Gasteiger partial charge in [0.15, 0.2) is 0 Å². The molecule has 0 bridgehead atoms. The highest BCUT2D eigenvalue weighted by molar-refractivity contribution is 6.35. The number of hydrogen-bond acceptors (Lipinski definition) is 3. The van der Waals surface area contributed by atoms with Crippen molar-refractivity contribution in [2.24, 2.45) is 0 Å². The lowest BCUT2D eigenvalue weighted by Crippen LogP contribution is -2.52. The molecule has 0 aliphatic rings. The van der Waals surface area contributed by atoms with E-state index in [9.17, 15) is 9.59 Å². The number of amides is 2. The maximum Gasteiger partial charge on any atom is 0.243 e. The molecular formula is C30H34Cl2N2O3. The fourth-order valence-electron chi connectivity index (χ4n) is 3.90. The number of halogens is 2. The van der Waals surface area contributed by atoms with E-state index in [0.29, 0.717) is 29.5 Å². The summed E-state index contributed by atoms with van der Waals surface area (Å²) < 4.78 is 5.77. The van der Waals surface area contributed by atoms with E-state index in [-0.39, 0.29) is 30.8 Å². The van der Waals surface area contributed by atoms with Gasteiger partial charge in [0.2, 0.25) is 11.8 Å². The van der Waals surface area contributed by atoms with Crippen LogP contribution in [0.4, 0.5) is 0 Å². The van der Waals surface area contributed by atoms with Gasteiger partial charge in [0.05, 0.1) is 6.61 Å². The summed E-state index contributed by atoms with van der Waals surface area (Å²) in [5.74, 6) is 0.440. The summed E-state index contributed by atoms with van der Waals surface area (Å²) in [6, 6.07) is 23.7. The Hall–Kier alpha value is -3.02. The first-order valence-electron chi connectivity index (χ1n) is 12.6. The van der Waals surface area contributed by atoms with Crippen LogP contribution in [-0.2, 0) is 22.6 Å². The van der Waals surface area contributed by atoms with Gasteiger partial charge in [-0.1, -0.05) is 84.7 Å². The molecule has 2 atom stereocenters. The molecule has 7 heteroatoms. The largest absolute Gasteiger partial charge is 0.494 e. The minimum Gasteiger partial charge on any atom is -0.494 e. The normalized spacial score (nSPS) is 12.4. The van der Waals surface area contributed by atoms with E-state index in [4.69, 9.17) is 27.9 Å². The molecule has 0 radical (unpaired) electrons. The number of para-hydroxylation sites is 1. The van der Waals surface area contributed by atoms with Gasteiger partial charge in [-0.15, -0.1) is 0 Å². The first kappa shape index (κ1) is 28.5. The van der Waals surface area contributed by atoms with E-state index < -0.39 is 6.04 Å². The molecule has 2 unspecified atom stereocenters. The minimum atomic E-state index is -0.703. The van der Waals surface area contributed by atoms with Gasteiger partial charge in [0.25, 0.3) is 0 Å². The van der Waals surface area contributed by atoms with Crippen LogP contribution in [0.5, 0.6) is 5.75 Å². The van der Waals surface area contributed by atoms with Gasteiger partial charge in [0, 0.05) is 35.5 Å². The van der Waals surface area contributed by atoms with E-state index in [1.165, 1.54) is 0 Å². The van der Waals surface area contributed by atoms with E-state index in [1.54, 1.807) is 23.1 Å². The standard InChI is InChI=1S/C30H34Cl2N2O3/c1-3-22(2)33-30(36)28(19-23-11-6-4-7-12-23)34(21-24-16-17-25(31)20-27(24)32)29(35)15-10-18-37-26-13-8-5-9-14-26/h4-9,11-14,16-17,20,22,28H,3,10,15,18-19,21H2,1-2H3,(H,33,36). The van der Waals surface area contributed by atoms with Crippen LogP contribution in [0.3, 0.4) is 0 Å². The maximum absolute atomic E-state index is 13.6. The number of hydrogen-bond donors (Lipinski definition) is 1. The average Bonchev–Trinajstić information content (AvgIpc) is 2.90. The van der Waals surface area contributed by atoms with Gasteiger partial charge >= 0.3 is 0 Å². The second-order valence-electron chi connectivity index (χ2n) is 9.05. The smallest absolute Gasteiger partial charge is 0.243 e. The molecule has 0 aliphatic heterocycles. The molecule has 0 saturated carbocycles. The van der Waals surface area contributed by atoms with Crippen LogP contribution in [-0.4, -0.2) is 35.4 Å². The second-order valence-corrected chi connectivity index (χ2v) is 9.89. The molecule has 3 rings (SSSR count). The SMILES string of the molecule is CCC(C)NC(=O)C(Cc1ccccc1)N(Cc1ccc(Cl)cc1Cl)C(=O)CCCOc1ccccc1. The van der Waals surface area contributed by atoms with Crippen LogP contribution in [0.25, 0.3) is 0 Å². The molecular weight excluding hydrogens is 507 g/mol. The second kappa shape index (κ2) is 14.7. The summed E-state index contributed by atoms with van der Waals surface area (Å²) in [7, 11) is 0. The summed E-state index contributed by atoms with van der Waals surface area (Å²) in [5.41, 5.74) is 1.70. The van der Waals surface area contributed by atoms with E-state index >= 15 is 0 Å². The zero-order valence-corrected chi connectivity index (χ0v) is 22.8. The third-order valence-electron chi connectivity index (χ3n) is 6.17. The first-order chi connectivity index (χ1) is 17.9. The van der Waals surface area contributed by atoms with Gasteiger partial charge in [-0.2, -0.15) is 0 Å². The molecule has 0 spiro atoms. The van der Waals surface area contributed by atoms with Crippen molar-refractivity contribution in [3.05, 3.63) is 100 Å². The summed E-state index contributed by atoms with van der Waals surface area (Å²) in [6.07, 6.45) is 1.93. The van der Waals surface area contributed by atoms with E-state index in [0.717, 1.165) is 23.3 Å².